The molecule has 1 fully saturated rings. The lowest BCUT2D eigenvalue weighted by atomic mass is 10.0. The number of pyridine rings is 1. The molecule has 0 atom stereocenters. The Hall–Kier alpha value is -3.96. The van der Waals surface area contributed by atoms with E-state index < -0.39 is 0 Å². The van der Waals surface area contributed by atoms with Gasteiger partial charge in [0.25, 0.3) is 5.91 Å². The number of likely N-dealkylation sites (tertiary alicyclic amines) is 1. The normalized spacial score (nSPS) is 13.7. The third-order valence-corrected chi connectivity index (χ3v) is 8.47. The maximum Gasteiger partial charge on any atom is 0.252 e. The number of hydrogen-bond donors (Lipinski definition) is 2. The van der Waals surface area contributed by atoms with Crippen LogP contribution in [0.4, 0.5) is 0 Å². The monoisotopic (exact) mass is 619 g/mol. The van der Waals surface area contributed by atoms with Crippen molar-refractivity contribution < 1.29 is 4.79 Å². The van der Waals surface area contributed by atoms with Crippen LogP contribution in [0.15, 0.2) is 77.4 Å². The van der Waals surface area contributed by atoms with Crippen LogP contribution in [0, 0.1) is 11.8 Å². The summed E-state index contributed by atoms with van der Waals surface area (Å²) in [4.78, 5) is 21.2. The second-order valence-electron chi connectivity index (χ2n) is 10.9. The smallest absolute Gasteiger partial charge is 0.252 e. The molecule has 1 aliphatic heterocycles. The van der Waals surface area contributed by atoms with Gasteiger partial charge in [-0.3, -0.25) is 9.69 Å². The van der Waals surface area contributed by atoms with Gasteiger partial charge in [0, 0.05) is 58.2 Å². The van der Waals surface area contributed by atoms with E-state index in [1.807, 2.05) is 61.6 Å². The molecule has 3 aromatic carbocycles. The zero-order valence-electron chi connectivity index (χ0n) is 23.8. The molecule has 1 aliphatic rings. The highest BCUT2D eigenvalue weighted by Crippen LogP contribution is 2.33. The number of aromatic nitrogens is 2. The SMILES string of the molecule is Cn1cc(-c2cc(C(=O)NCc3ccc(CN)cc3)c3cc(C#CCN4CCCCC4)ccc3n2)c2cc(Br)ccc21. The average Bonchev–Trinajstić information content (AvgIpc) is 3.35. The number of carbonyl (C=O) groups is 1. The fourth-order valence-electron chi connectivity index (χ4n) is 5.64. The molecule has 5 aromatic rings. The second-order valence-corrected chi connectivity index (χ2v) is 11.9. The van der Waals surface area contributed by atoms with E-state index in [2.05, 4.69) is 60.9 Å². The van der Waals surface area contributed by atoms with Crippen LogP contribution in [0.1, 0.15) is 46.3 Å². The molecule has 0 aliphatic carbocycles. The summed E-state index contributed by atoms with van der Waals surface area (Å²) in [6.45, 7) is 3.90. The van der Waals surface area contributed by atoms with Crippen molar-refractivity contribution in [3.63, 3.8) is 0 Å². The van der Waals surface area contributed by atoms with Crippen LogP contribution in [0.3, 0.4) is 0 Å². The van der Waals surface area contributed by atoms with E-state index in [-0.39, 0.29) is 5.91 Å². The van der Waals surface area contributed by atoms with Crippen LogP contribution in [0.5, 0.6) is 0 Å². The van der Waals surface area contributed by atoms with Crippen LogP contribution in [-0.4, -0.2) is 40.0 Å². The van der Waals surface area contributed by atoms with Crippen molar-refractivity contribution in [2.24, 2.45) is 12.8 Å². The lowest BCUT2D eigenvalue weighted by Gasteiger charge is -2.23. The molecule has 42 heavy (non-hydrogen) atoms. The minimum atomic E-state index is -0.147. The number of nitrogens with two attached hydrogens (primary N) is 1. The van der Waals surface area contributed by atoms with Crippen molar-refractivity contribution in [3.8, 4) is 23.1 Å². The van der Waals surface area contributed by atoms with Crippen molar-refractivity contribution in [1.29, 1.82) is 0 Å². The van der Waals surface area contributed by atoms with Crippen LogP contribution >= 0.6 is 15.9 Å². The van der Waals surface area contributed by atoms with Gasteiger partial charge in [-0.2, -0.15) is 0 Å². The standard InChI is InChI=1S/C35H34BrN5O/c1-40-23-31(29-19-27(36)12-14-34(29)40)33-20-30(35(42)38-22-26-9-7-25(21-37)8-10-26)28-18-24(11-13-32(28)39-33)6-5-17-41-15-3-2-4-16-41/h7-14,18-20,23H,2-4,15-17,21-22,37H2,1H3,(H,38,42). The molecule has 212 valence electrons. The first-order valence-electron chi connectivity index (χ1n) is 14.5. The molecule has 2 aromatic heterocycles. The van der Waals surface area contributed by atoms with E-state index in [1.165, 1.54) is 19.3 Å². The third-order valence-electron chi connectivity index (χ3n) is 7.98. The molecule has 0 saturated carbocycles. The summed E-state index contributed by atoms with van der Waals surface area (Å²) in [6.07, 6.45) is 5.87. The summed E-state index contributed by atoms with van der Waals surface area (Å²) in [5, 5.41) is 4.99. The van der Waals surface area contributed by atoms with Gasteiger partial charge >= 0.3 is 0 Å². The van der Waals surface area contributed by atoms with Crippen molar-refractivity contribution in [2.75, 3.05) is 19.6 Å². The molecule has 0 radical (unpaired) electrons. The topological polar surface area (TPSA) is 76.2 Å². The summed E-state index contributed by atoms with van der Waals surface area (Å²) in [6, 6.07) is 22.1. The van der Waals surface area contributed by atoms with Gasteiger partial charge in [0.05, 0.1) is 23.3 Å². The van der Waals surface area contributed by atoms with E-state index in [4.69, 9.17) is 10.7 Å². The minimum absolute atomic E-state index is 0.147. The summed E-state index contributed by atoms with van der Waals surface area (Å²) in [7, 11) is 2.03. The largest absolute Gasteiger partial charge is 0.350 e. The van der Waals surface area contributed by atoms with Gasteiger partial charge in [-0.1, -0.05) is 58.5 Å². The molecule has 0 unspecified atom stereocenters. The predicted octanol–water partition coefficient (Wildman–Crippen LogP) is 6.38. The zero-order valence-corrected chi connectivity index (χ0v) is 25.4. The van der Waals surface area contributed by atoms with Crippen LogP contribution in [-0.2, 0) is 20.1 Å². The number of hydrogen-bond acceptors (Lipinski definition) is 4. The molecule has 1 amide bonds. The van der Waals surface area contributed by atoms with Gasteiger partial charge in [0.2, 0.25) is 0 Å². The first kappa shape index (κ1) is 28.2. The van der Waals surface area contributed by atoms with Gasteiger partial charge in [-0.25, -0.2) is 4.98 Å². The Morgan fingerprint density at radius 1 is 0.976 bits per heavy atom. The van der Waals surface area contributed by atoms with Crippen molar-refractivity contribution >= 4 is 43.6 Å². The molecular weight excluding hydrogens is 586 g/mol. The maximum absolute atomic E-state index is 13.8. The highest BCUT2D eigenvalue weighted by atomic mass is 79.9. The summed E-state index contributed by atoms with van der Waals surface area (Å²) in [5.74, 6) is 6.53. The van der Waals surface area contributed by atoms with Crippen LogP contribution in [0.2, 0.25) is 0 Å². The fraction of sp³-hybridized carbons (Fsp3) is 0.257. The van der Waals surface area contributed by atoms with E-state index >= 15 is 0 Å². The summed E-state index contributed by atoms with van der Waals surface area (Å²) < 4.78 is 3.09. The van der Waals surface area contributed by atoms with Crippen molar-refractivity contribution in [2.45, 2.75) is 32.4 Å². The highest BCUT2D eigenvalue weighted by Gasteiger charge is 2.18. The third kappa shape index (κ3) is 6.12. The van der Waals surface area contributed by atoms with Crippen molar-refractivity contribution in [1.82, 2.24) is 19.8 Å². The first-order valence-corrected chi connectivity index (χ1v) is 15.2. The van der Waals surface area contributed by atoms with Gasteiger partial charge in [0.1, 0.15) is 0 Å². The van der Waals surface area contributed by atoms with Gasteiger partial charge in [-0.15, -0.1) is 0 Å². The average molecular weight is 621 g/mol. The molecule has 6 nitrogen and oxygen atoms in total. The molecule has 6 rings (SSSR count). The number of carbonyl (C=O) groups excluding carboxylic acids is 1. The minimum Gasteiger partial charge on any atom is -0.350 e. The zero-order chi connectivity index (χ0) is 29.1. The van der Waals surface area contributed by atoms with Crippen LogP contribution in [0.25, 0.3) is 33.1 Å². The summed E-state index contributed by atoms with van der Waals surface area (Å²) in [5.41, 5.74) is 12.9. The highest BCUT2D eigenvalue weighted by molar-refractivity contribution is 9.10. The molecule has 3 N–H and O–H groups in total. The molecule has 3 heterocycles. The molecule has 1 saturated heterocycles. The number of aryl methyl sites for hydroxylation is 1. The van der Waals surface area contributed by atoms with E-state index in [9.17, 15) is 4.79 Å². The van der Waals surface area contributed by atoms with Gasteiger partial charge in [0.15, 0.2) is 0 Å². The van der Waals surface area contributed by atoms with Gasteiger partial charge < -0.3 is 15.6 Å². The number of benzene rings is 3. The molecule has 7 heteroatoms. The Kier molecular flexibility index (Phi) is 8.38. The van der Waals surface area contributed by atoms with E-state index in [0.717, 1.165) is 73.9 Å². The van der Waals surface area contributed by atoms with E-state index in [1.54, 1.807) is 0 Å². The Morgan fingerprint density at radius 2 is 1.76 bits per heavy atom. The number of nitrogens with zero attached hydrogens (tertiary/aromatic N) is 3. The van der Waals surface area contributed by atoms with Crippen molar-refractivity contribution in [3.05, 3.63) is 99.7 Å². The quantitative estimate of drug-likeness (QED) is 0.216. The number of amides is 1. The summed E-state index contributed by atoms with van der Waals surface area (Å²) >= 11 is 3.61. The Bertz CT molecular complexity index is 1820. The Labute approximate surface area is 255 Å². The van der Waals surface area contributed by atoms with E-state index in [0.29, 0.717) is 18.7 Å². The Morgan fingerprint density at radius 3 is 2.55 bits per heavy atom. The Balaban J connectivity index is 1.38. The second kappa shape index (κ2) is 12.5. The number of halogens is 1. The number of piperidine rings is 1. The number of fused-ring (bicyclic) bond motifs is 2. The fourth-order valence-corrected chi connectivity index (χ4v) is 6.00. The van der Waals surface area contributed by atoms with Gasteiger partial charge in [-0.05, 0) is 79.5 Å². The lowest BCUT2D eigenvalue weighted by molar-refractivity contribution is 0.0952. The number of rotatable bonds is 6. The van der Waals surface area contributed by atoms with Crippen LogP contribution < -0.4 is 11.1 Å². The molecule has 0 bridgehead atoms. The number of nitrogens with one attached hydrogen (secondary N) is 1. The predicted molar refractivity (Wildman–Crippen MR) is 174 cm³/mol. The lowest BCUT2D eigenvalue weighted by Crippen LogP contribution is -2.29. The molecular formula is C35H34BrN5O. The maximum atomic E-state index is 13.8. The molecule has 0 spiro atoms. The first-order chi connectivity index (χ1) is 20.5.